The second-order valence-corrected chi connectivity index (χ2v) is 7.21. The summed E-state index contributed by atoms with van der Waals surface area (Å²) in [6.45, 7) is 5.23. The van der Waals surface area contributed by atoms with Crippen LogP contribution in [-0.4, -0.2) is 44.9 Å². The summed E-state index contributed by atoms with van der Waals surface area (Å²) in [5, 5.41) is 9.04. The number of hydrogen-bond acceptors (Lipinski definition) is 5. The van der Waals surface area contributed by atoms with Gasteiger partial charge in [0.2, 0.25) is 5.95 Å². The lowest BCUT2D eigenvalue weighted by Gasteiger charge is -2.33. The molecule has 1 amide bonds. The van der Waals surface area contributed by atoms with Gasteiger partial charge in [0.25, 0.3) is 5.91 Å². The Kier molecular flexibility index (Phi) is 5.39. The number of nitrogen functional groups attached to an aromatic ring is 1. The Labute approximate surface area is 158 Å². The fourth-order valence-corrected chi connectivity index (χ4v) is 3.38. The Morgan fingerprint density at radius 2 is 1.93 bits per heavy atom. The van der Waals surface area contributed by atoms with Crippen LogP contribution in [0.4, 0.5) is 5.95 Å². The van der Waals surface area contributed by atoms with E-state index in [1.54, 1.807) is 23.1 Å². The van der Waals surface area contributed by atoms with Crippen molar-refractivity contribution in [1.82, 2.24) is 14.9 Å². The van der Waals surface area contributed by atoms with Gasteiger partial charge in [-0.1, -0.05) is 26.0 Å². The van der Waals surface area contributed by atoms with Crippen LogP contribution in [0, 0.1) is 0 Å². The maximum atomic E-state index is 12.9. The van der Waals surface area contributed by atoms with Gasteiger partial charge in [0, 0.05) is 24.7 Å². The van der Waals surface area contributed by atoms with Crippen LogP contribution in [0.25, 0.3) is 0 Å². The van der Waals surface area contributed by atoms with E-state index >= 15 is 0 Å². The number of nitrogens with zero attached hydrogens (tertiary/aromatic N) is 3. The fraction of sp³-hybridized carbons (Fsp3) is 0.400. The molecule has 7 heteroatoms. The van der Waals surface area contributed by atoms with Gasteiger partial charge in [0.05, 0.1) is 5.56 Å². The van der Waals surface area contributed by atoms with E-state index < -0.39 is 5.97 Å². The van der Waals surface area contributed by atoms with Gasteiger partial charge in [0.1, 0.15) is 5.69 Å². The van der Waals surface area contributed by atoms with Crippen molar-refractivity contribution in [3.8, 4) is 0 Å². The largest absolute Gasteiger partial charge is 0.478 e. The number of carbonyl (C=O) groups excluding carboxylic acids is 1. The third-order valence-corrected chi connectivity index (χ3v) is 4.91. The van der Waals surface area contributed by atoms with Crippen LogP contribution in [0.2, 0.25) is 0 Å². The first kappa shape index (κ1) is 18.8. The van der Waals surface area contributed by atoms with Crippen LogP contribution in [0.5, 0.6) is 0 Å². The molecule has 1 aromatic carbocycles. The molecule has 2 aromatic rings. The Balaban J connectivity index is 1.77. The molecular formula is C20H24N4O3. The van der Waals surface area contributed by atoms with Crippen molar-refractivity contribution in [2.75, 3.05) is 18.8 Å². The summed E-state index contributed by atoms with van der Waals surface area (Å²) < 4.78 is 0. The molecule has 1 aromatic heterocycles. The van der Waals surface area contributed by atoms with Crippen LogP contribution in [0.15, 0.2) is 30.3 Å². The number of amides is 1. The number of aromatic nitrogens is 2. The van der Waals surface area contributed by atoms with Crippen molar-refractivity contribution < 1.29 is 14.7 Å². The third-order valence-electron chi connectivity index (χ3n) is 4.91. The molecule has 0 aliphatic carbocycles. The second kappa shape index (κ2) is 7.73. The minimum absolute atomic E-state index is 0.113. The van der Waals surface area contributed by atoms with E-state index in [1.165, 1.54) is 0 Å². The van der Waals surface area contributed by atoms with Crippen LogP contribution in [-0.2, 0) is 0 Å². The van der Waals surface area contributed by atoms with E-state index in [0.717, 1.165) is 24.1 Å². The molecule has 0 spiro atoms. The molecule has 27 heavy (non-hydrogen) atoms. The highest BCUT2D eigenvalue weighted by Gasteiger charge is 2.27. The average molecular weight is 368 g/mol. The maximum Gasteiger partial charge on any atom is 0.335 e. The Morgan fingerprint density at radius 1 is 1.22 bits per heavy atom. The highest BCUT2D eigenvalue weighted by Crippen LogP contribution is 2.28. The zero-order valence-electron chi connectivity index (χ0n) is 15.6. The molecule has 0 saturated carbocycles. The summed E-state index contributed by atoms with van der Waals surface area (Å²) in [6.07, 6.45) is 1.84. The minimum Gasteiger partial charge on any atom is -0.478 e. The van der Waals surface area contributed by atoms with Gasteiger partial charge in [-0.2, -0.15) is 0 Å². The molecule has 3 rings (SSSR count). The Bertz CT molecular complexity index is 849. The van der Waals surface area contributed by atoms with Crippen LogP contribution in [0.3, 0.4) is 0 Å². The van der Waals surface area contributed by atoms with Gasteiger partial charge in [-0.15, -0.1) is 0 Å². The predicted molar refractivity (Wildman–Crippen MR) is 102 cm³/mol. The molecule has 1 aliphatic heterocycles. The summed E-state index contributed by atoms with van der Waals surface area (Å²) in [4.78, 5) is 34.1. The SMILES string of the molecule is CC(C)c1cc(C(=O)N2CCC[C@H](c3ccc(C(=O)O)cc3)C2)nc(N)n1. The number of hydrogen-bond donors (Lipinski definition) is 2. The first-order valence-corrected chi connectivity index (χ1v) is 9.12. The smallest absolute Gasteiger partial charge is 0.335 e. The third kappa shape index (κ3) is 4.24. The van der Waals surface area contributed by atoms with Crippen LogP contribution >= 0.6 is 0 Å². The number of likely N-dealkylation sites (tertiary alicyclic amines) is 1. The van der Waals surface area contributed by atoms with E-state index in [2.05, 4.69) is 9.97 Å². The Hall–Kier alpha value is -2.96. The second-order valence-electron chi connectivity index (χ2n) is 7.21. The van der Waals surface area contributed by atoms with Gasteiger partial charge in [-0.25, -0.2) is 14.8 Å². The number of nitrogens with two attached hydrogens (primary N) is 1. The number of anilines is 1. The van der Waals surface area contributed by atoms with Gasteiger partial charge < -0.3 is 15.7 Å². The lowest BCUT2D eigenvalue weighted by molar-refractivity contribution is 0.0692. The van der Waals surface area contributed by atoms with Crippen molar-refractivity contribution in [2.45, 2.75) is 38.5 Å². The standard InChI is InChI=1S/C20H24N4O3/c1-12(2)16-10-17(23-20(21)22-16)18(25)24-9-3-4-15(11-24)13-5-7-14(8-6-13)19(26)27/h5-8,10,12,15H,3-4,9,11H2,1-2H3,(H,26,27)(H2,21,22,23)/t15-/m0/s1. The summed E-state index contributed by atoms with van der Waals surface area (Å²) in [5.74, 6) is -0.637. The zero-order chi connectivity index (χ0) is 19.6. The van der Waals surface area contributed by atoms with Crippen molar-refractivity contribution in [3.63, 3.8) is 0 Å². The average Bonchev–Trinajstić information content (AvgIpc) is 2.67. The van der Waals surface area contributed by atoms with E-state index in [-0.39, 0.29) is 29.3 Å². The van der Waals surface area contributed by atoms with E-state index in [4.69, 9.17) is 10.8 Å². The molecule has 0 unspecified atom stereocenters. The Morgan fingerprint density at radius 3 is 2.56 bits per heavy atom. The maximum absolute atomic E-state index is 12.9. The first-order valence-electron chi connectivity index (χ1n) is 9.12. The molecule has 1 aliphatic rings. The van der Waals surface area contributed by atoms with Crippen LogP contribution in [0.1, 0.15) is 70.6 Å². The zero-order valence-corrected chi connectivity index (χ0v) is 15.6. The molecule has 142 valence electrons. The van der Waals surface area contributed by atoms with Crippen LogP contribution < -0.4 is 5.73 Å². The topological polar surface area (TPSA) is 109 Å². The van der Waals surface area contributed by atoms with E-state index in [0.29, 0.717) is 18.8 Å². The van der Waals surface area contributed by atoms with Gasteiger partial charge >= 0.3 is 5.97 Å². The number of carboxylic acids is 1. The molecule has 3 N–H and O–H groups in total. The summed E-state index contributed by atoms with van der Waals surface area (Å²) in [6, 6.07) is 8.61. The number of rotatable bonds is 4. The molecule has 1 saturated heterocycles. The number of piperidine rings is 1. The molecular weight excluding hydrogens is 344 g/mol. The minimum atomic E-state index is -0.940. The van der Waals surface area contributed by atoms with Gasteiger partial charge in [-0.05, 0) is 42.5 Å². The monoisotopic (exact) mass is 368 g/mol. The quantitative estimate of drug-likeness (QED) is 0.859. The summed E-state index contributed by atoms with van der Waals surface area (Å²) in [7, 11) is 0. The van der Waals surface area contributed by atoms with Crippen molar-refractivity contribution in [2.24, 2.45) is 0 Å². The molecule has 0 bridgehead atoms. The summed E-state index contributed by atoms with van der Waals surface area (Å²) >= 11 is 0. The highest BCUT2D eigenvalue weighted by molar-refractivity contribution is 5.92. The van der Waals surface area contributed by atoms with Crippen molar-refractivity contribution in [3.05, 3.63) is 52.8 Å². The van der Waals surface area contributed by atoms with E-state index in [9.17, 15) is 9.59 Å². The number of aromatic carboxylic acids is 1. The first-order chi connectivity index (χ1) is 12.8. The highest BCUT2D eigenvalue weighted by atomic mass is 16.4. The molecule has 0 radical (unpaired) electrons. The molecule has 1 atom stereocenters. The fourth-order valence-electron chi connectivity index (χ4n) is 3.38. The lowest BCUT2D eigenvalue weighted by Crippen LogP contribution is -2.39. The van der Waals surface area contributed by atoms with Gasteiger partial charge in [0.15, 0.2) is 0 Å². The predicted octanol–water partition coefficient (Wildman–Crippen LogP) is 2.90. The van der Waals surface area contributed by atoms with Crippen molar-refractivity contribution >= 4 is 17.8 Å². The van der Waals surface area contributed by atoms with Crippen molar-refractivity contribution in [1.29, 1.82) is 0 Å². The number of carbonyl (C=O) groups is 2. The molecule has 1 fully saturated rings. The normalized spacial score (nSPS) is 17.1. The van der Waals surface area contributed by atoms with E-state index in [1.807, 2.05) is 26.0 Å². The molecule has 2 heterocycles. The molecule has 7 nitrogen and oxygen atoms in total. The number of benzene rings is 1. The lowest BCUT2D eigenvalue weighted by atomic mass is 9.90. The number of carboxylic acid groups (broad SMARTS) is 1. The van der Waals surface area contributed by atoms with Gasteiger partial charge in [-0.3, -0.25) is 4.79 Å². The summed E-state index contributed by atoms with van der Waals surface area (Å²) in [5.41, 5.74) is 8.17.